The summed E-state index contributed by atoms with van der Waals surface area (Å²) in [5, 5.41) is 11.0. The molecule has 4 rings (SSSR count). The average molecular weight is 436 g/mol. The van der Waals surface area contributed by atoms with E-state index in [1.807, 2.05) is 10.8 Å². The van der Waals surface area contributed by atoms with E-state index in [0.29, 0.717) is 24.3 Å². The van der Waals surface area contributed by atoms with Gasteiger partial charge in [0.1, 0.15) is 29.7 Å². The highest BCUT2D eigenvalue weighted by Crippen LogP contribution is 2.40. The van der Waals surface area contributed by atoms with Gasteiger partial charge in [0, 0.05) is 24.1 Å². The van der Waals surface area contributed by atoms with E-state index in [2.05, 4.69) is 4.98 Å². The number of H-pyrrole nitrogens is 1. The van der Waals surface area contributed by atoms with Gasteiger partial charge >= 0.3 is 0 Å². The number of carbonyl (C=O) groups excluding carboxylic acids is 2. The monoisotopic (exact) mass is 436 g/mol. The third kappa shape index (κ3) is 3.99. The molecule has 0 radical (unpaired) electrons. The molecule has 3 aromatic rings. The number of aliphatic hydroxyl groups is 1. The first-order valence-corrected chi connectivity index (χ1v) is 10.2. The number of ether oxygens (including phenoxy) is 1. The lowest BCUT2D eigenvalue weighted by Crippen LogP contribution is -2.36. The van der Waals surface area contributed by atoms with E-state index >= 15 is 0 Å². The fraction of sp³-hybridized carbons (Fsp3) is 0.208. The van der Waals surface area contributed by atoms with Crippen molar-refractivity contribution in [3.8, 4) is 5.75 Å². The number of Topliss-reactive ketones (excluding diaryl/α,β-unsaturated/α-hetero) is 1. The molecule has 1 aliphatic heterocycles. The number of hydrogen-bond donors (Lipinski definition) is 2. The van der Waals surface area contributed by atoms with Gasteiger partial charge < -0.3 is 14.7 Å². The van der Waals surface area contributed by atoms with Gasteiger partial charge in [0.25, 0.3) is 11.7 Å². The second-order valence-corrected chi connectivity index (χ2v) is 7.45. The minimum absolute atomic E-state index is 0.136. The number of nitrogens with zero attached hydrogens (tertiary/aromatic N) is 2. The Morgan fingerprint density at radius 2 is 2.03 bits per heavy atom. The lowest BCUT2D eigenvalue weighted by molar-refractivity contribution is -0.695. The third-order valence-corrected chi connectivity index (χ3v) is 5.50. The van der Waals surface area contributed by atoms with Crippen molar-refractivity contribution in [1.29, 1.82) is 0 Å². The molecule has 0 aliphatic carbocycles. The number of aryl methyl sites for hydroxylation is 1. The van der Waals surface area contributed by atoms with Gasteiger partial charge in [-0.1, -0.05) is 30.3 Å². The smallest absolute Gasteiger partial charge is 0.295 e. The summed E-state index contributed by atoms with van der Waals surface area (Å²) in [5.41, 5.74) is 0.333. The first-order valence-electron chi connectivity index (χ1n) is 10.2. The van der Waals surface area contributed by atoms with Crippen LogP contribution in [0.2, 0.25) is 0 Å². The Balaban J connectivity index is 1.76. The second-order valence-electron chi connectivity index (χ2n) is 7.45. The largest absolute Gasteiger partial charge is 0.507 e. The number of aromatic nitrogens is 2. The zero-order valence-corrected chi connectivity index (χ0v) is 17.5. The molecule has 1 aliphatic rings. The predicted octanol–water partition coefficient (Wildman–Crippen LogP) is 2.96. The van der Waals surface area contributed by atoms with Crippen LogP contribution in [0.15, 0.2) is 72.8 Å². The number of carbonyl (C=O) groups is 2. The van der Waals surface area contributed by atoms with Gasteiger partial charge in [-0.25, -0.2) is 8.96 Å². The number of ketones is 1. The molecule has 1 saturated heterocycles. The predicted molar refractivity (Wildman–Crippen MR) is 114 cm³/mol. The Labute approximate surface area is 184 Å². The van der Waals surface area contributed by atoms with Crippen molar-refractivity contribution in [3.63, 3.8) is 0 Å². The number of likely N-dealkylation sites (tertiary alicyclic amines) is 1. The molecule has 1 atom stereocenters. The Morgan fingerprint density at radius 3 is 2.75 bits per heavy atom. The van der Waals surface area contributed by atoms with Crippen molar-refractivity contribution in [2.45, 2.75) is 19.0 Å². The molecular formula is C24H23FN3O4+. The van der Waals surface area contributed by atoms with Gasteiger partial charge in [-0.05, 0) is 18.2 Å². The minimum Gasteiger partial charge on any atom is -0.507 e. The van der Waals surface area contributed by atoms with E-state index in [1.54, 1.807) is 42.9 Å². The zero-order valence-electron chi connectivity index (χ0n) is 17.5. The number of amides is 1. The molecule has 8 heteroatoms. The van der Waals surface area contributed by atoms with E-state index in [0.717, 1.165) is 0 Å². The van der Waals surface area contributed by atoms with E-state index in [-0.39, 0.29) is 23.4 Å². The Morgan fingerprint density at radius 1 is 1.22 bits per heavy atom. The van der Waals surface area contributed by atoms with Crippen LogP contribution in [0.4, 0.5) is 4.39 Å². The maximum absolute atomic E-state index is 14.8. The van der Waals surface area contributed by atoms with Crippen LogP contribution in [0.3, 0.4) is 0 Å². The van der Waals surface area contributed by atoms with Gasteiger partial charge in [0.05, 0.1) is 25.3 Å². The number of nitrogens with one attached hydrogen (secondary N) is 1. The number of methoxy groups -OCH3 is 1. The molecule has 2 N–H and O–H groups in total. The summed E-state index contributed by atoms with van der Waals surface area (Å²) in [6, 6.07) is 11.5. The molecular weight excluding hydrogens is 413 g/mol. The van der Waals surface area contributed by atoms with Crippen LogP contribution in [0.5, 0.6) is 5.75 Å². The zero-order chi connectivity index (χ0) is 22.7. The SMILES string of the molecule is COc1cccc(C(O)=C2C(=O)C(=O)N(CCC[n+]3cc[nH]c3)C2c2ccccc2F)c1. The molecule has 2 heterocycles. The molecule has 0 bridgehead atoms. The molecule has 1 amide bonds. The molecule has 32 heavy (non-hydrogen) atoms. The van der Waals surface area contributed by atoms with Crippen LogP contribution >= 0.6 is 0 Å². The van der Waals surface area contributed by atoms with Gasteiger partial charge in [-0.3, -0.25) is 14.6 Å². The fourth-order valence-corrected chi connectivity index (χ4v) is 3.94. The Bertz CT molecular complexity index is 1170. The number of aromatic amines is 1. The number of aliphatic hydroxyl groups excluding tert-OH is 1. The first-order chi connectivity index (χ1) is 15.5. The summed E-state index contributed by atoms with van der Waals surface area (Å²) in [4.78, 5) is 30.2. The van der Waals surface area contributed by atoms with Gasteiger partial charge in [0.2, 0.25) is 6.33 Å². The number of hydrogen-bond acceptors (Lipinski definition) is 4. The topological polar surface area (TPSA) is 86.5 Å². The highest BCUT2D eigenvalue weighted by Gasteiger charge is 2.46. The second kappa shape index (κ2) is 9.05. The molecule has 0 spiro atoms. The first kappa shape index (κ1) is 21.3. The maximum atomic E-state index is 14.8. The number of halogens is 1. The highest BCUT2D eigenvalue weighted by molar-refractivity contribution is 6.46. The molecule has 7 nitrogen and oxygen atoms in total. The number of rotatable bonds is 7. The molecule has 1 aromatic heterocycles. The van der Waals surface area contributed by atoms with Crippen LogP contribution < -0.4 is 9.30 Å². The van der Waals surface area contributed by atoms with Crippen molar-refractivity contribution >= 4 is 17.4 Å². The summed E-state index contributed by atoms with van der Waals surface area (Å²) in [6.07, 6.45) is 5.95. The summed E-state index contributed by atoms with van der Waals surface area (Å²) in [5.74, 6) is -2.04. The van der Waals surface area contributed by atoms with Gasteiger partial charge in [0.15, 0.2) is 0 Å². The van der Waals surface area contributed by atoms with Crippen LogP contribution in [-0.4, -0.2) is 40.3 Å². The van der Waals surface area contributed by atoms with Crippen molar-refractivity contribution < 1.29 is 28.4 Å². The summed E-state index contributed by atoms with van der Waals surface area (Å²) in [6.45, 7) is 0.822. The van der Waals surface area contributed by atoms with E-state index < -0.39 is 23.5 Å². The summed E-state index contributed by atoms with van der Waals surface area (Å²) >= 11 is 0. The summed E-state index contributed by atoms with van der Waals surface area (Å²) < 4.78 is 21.9. The van der Waals surface area contributed by atoms with Crippen LogP contribution in [-0.2, 0) is 16.1 Å². The number of benzene rings is 2. The molecule has 1 unspecified atom stereocenters. The third-order valence-electron chi connectivity index (χ3n) is 5.50. The lowest BCUT2D eigenvalue weighted by Gasteiger charge is -2.25. The van der Waals surface area contributed by atoms with Crippen molar-refractivity contribution in [2.24, 2.45) is 0 Å². The average Bonchev–Trinajstić information content (AvgIpc) is 3.41. The molecule has 2 aromatic carbocycles. The fourth-order valence-electron chi connectivity index (χ4n) is 3.94. The maximum Gasteiger partial charge on any atom is 0.295 e. The minimum atomic E-state index is -1.03. The quantitative estimate of drug-likeness (QED) is 0.258. The Hall–Kier alpha value is -3.94. The van der Waals surface area contributed by atoms with Crippen molar-refractivity contribution in [2.75, 3.05) is 13.7 Å². The van der Waals surface area contributed by atoms with E-state index in [4.69, 9.17) is 4.74 Å². The highest BCUT2D eigenvalue weighted by atomic mass is 19.1. The van der Waals surface area contributed by atoms with Crippen molar-refractivity contribution in [3.05, 3.63) is 89.8 Å². The molecule has 1 fully saturated rings. The van der Waals surface area contributed by atoms with Gasteiger partial charge in [-0.2, -0.15) is 0 Å². The standard InChI is InChI=1S/C24H22FN3O4/c1-32-17-7-4-6-16(14-17)22(29)20-21(18-8-2-3-9-19(18)25)28(24(31)23(20)30)12-5-11-27-13-10-26-15-27/h2-4,6-10,13-15,21H,5,11-12H2,1H3,(H,29,30)/p+1. The van der Waals surface area contributed by atoms with E-state index in [9.17, 15) is 19.1 Å². The van der Waals surface area contributed by atoms with Crippen LogP contribution in [0.1, 0.15) is 23.6 Å². The normalized spacial score (nSPS) is 17.7. The van der Waals surface area contributed by atoms with Crippen LogP contribution in [0, 0.1) is 5.82 Å². The number of imidazole rings is 1. The van der Waals surface area contributed by atoms with Crippen LogP contribution in [0.25, 0.3) is 5.76 Å². The van der Waals surface area contributed by atoms with Crippen molar-refractivity contribution in [1.82, 2.24) is 9.88 Å². The lowest BCUT2D eigenvalue weighted by atomic mass is 9.95. The summed E-state index contributed by atoms with van der Waals surface area (Å²) in [7, 11) is 1.49. The Kier molecular flexibility index (Phi) is 6.02. The van der Waals surface area contributed by atoms with Gasteiger partial charge in [-0.15, -0.1) is 0 Å². The van der Waals surface area contributed by atoms with E-state index in [1.165, 1.54) is 30.2 Å². The molecule has 0 saturated carbocycles. The molecule has 164 valence electrons.